The zero-order chi connectivity index (χ0) is 20.3. The quantitative estimate of drug-likeness (QED) is 0.802. The van der Waals surface area contributed by atoms with E-state index in [1.54, 1.807) is 0 Å². The number of halogens is 3. The van der Waals surface area contributed by atoms with Gasteiger partial charge in [-0.1, -0.05) is 0 Å². The largest absolute Gasteiger partial charge is 0.434 e. The van der Waals surface area contributed by atoms with Crippen LogP contribution in [0.1, 0.15) is 5.69 Å². The minimum absolute atomic E-state index is 0.0226. The highest BCUT2D eigenvalue weighted by molar-refractivity contribution is 5.86. The molecule has 2 heterocycles. The zero-order valence-electron chi connectivity index (χ0n) is 14.6. The SMILES string of the molecule is CNC(=O)C1CN(Cc2cncc(-c3ccc(F)c(OC(F)F)c3)n2)C(=O)O1. The average molecular weight is 396 g/mol. The van der Waals surface area contributed by atoms with E-state index >= 15 is 0 Å². The molecule has 1 atom stereocenters. The summed E-state index contributed by atoms with van der Waals surface area (Å²) in [6, 6.07) is 3.40. The molecule has 0 aliphatic carbocycles. The van der Waals surface area contributed by atoms with Gasteiger partial charge in [-0.05, 0) is 18.2 Å². The van der Waals surface area contributed by atoms with Gasteiger partial charge in [0.2, 0.25) is 0 Å². The zero-order valence-corrected chi connectivity index (χ0v) is 14.6. The van der Waals surface area contributed by atoms with Gasteiger partial charge in [0.1, 0.15) is 0 Å². The Kier molecular flexibility index (Phi) is 5.62. The number of rotatable bonds is 6. The minimum atomic E-state index is -3.17. The third kappa shape index (κ3) is 4.30. The van der Waals surface area contributed by atoms with E-state index in [9.17, 15) is 22.8 Å². The van der Waals surface area contributed by atoms with Gasteiger partial charge < -0.3 is 14.8 Å². The van der Waals surface area contributed by atoms with Crippen molar-refractivity contribution < 1.29 is 32.2 Å². The number of carbonyl (C=O) groups excluding carboxylic acids is 2. The van der Waals surface area contributed by atoms with Crippen LogP contribution in [0, 0.1) is 5.82 Å². The first-order valence-corrected chi connectivity index (χ1v) is 8.10. The van der Waals surface area contributed by atoms with E-state index in [4.69, 9.17) is 4.74 Å². The number of likely N-dealkylation sites (N-methyl/N-ethyl adjacent to an activating group) is 1. The van der Waals surface area contributed by atoms with Gasteiger partial charge >= 0.3 is 12.7 Å². The lowest BCUT2D eigenvalue weighted by Crippen LogP contribution is -2.35. The van der Waals surface area contributed by atoms with Gasteiger partial charge in [-0.2, -0.15) is 8.78 Å². The van der Waals surface area contributed by atoms with Crippen LogP contribution in [0.5, 0.6) is 5.75 Å². The lowest BCUT2D eigenvalue weighted by atomic mass is 10.1. The van der Waals surface area contributed by atoms with Crippen molar-refractivity contribution in [2.75, 3.05) is 13.6 Å². The number of cyclic esters (lactones) is 1. The first kappa shape index (κ1) is 19.4. The van der Waals surface area contributed by atoms with E-state index < -0.39 is 36.3 Å². The van der Waals surface area contributed by atoms with Crippen LogP contribution in [0.25, 0.3) is 11.3 Å². The van der Waals surface area contributed by atoms with Crippen LogP contribution >= 0.6 is 0 Å². The molecule has 148 valence electrons. The monoisotopic (exact) mass is 396 g/mol. The molecule has 1 fully saturated rings. The Morgan fingerprint density at radius 3 is 2.93 bits per heavy atom. The van der Waals surface area contributed by atoms with Crippen LogP contribution in [-0.4, -0.2) is 53.2 Å². The molecule has 2 aromatic rings. The number of nitrogens with zero attached hydrogens (tertiary/aromatic N) is 3. The van der Waals surface area contributed by atoms with Crippen LogP contribution in [0.2, 0.25) is 0 Å². The summed E-state index contributed by atoms with van der Waals surface area (Å²) in [6.45, 7) is -3.10. The van der Waals surface area contributed by atoms with Crippen LogP contribution in [0.4, 0.5) is 18.0 Å². The number of carbonyl (C=O) groups is 2. The molecule has 2 amide bonds. The van der Waals surface area contributed by atoms with Crippen molar-refractivity contribution >= 4 is 12.0 Å². The number of alkyl halides is 2. The molecule has 1 aromatic heterocycles. The third-order valence-corrected chi connectivity index (χ3v) is 3.91. The van der Waals surface area contributed by atoms with Gasteiger partial charge in [-0.3, -0.25) is 14.7 Å². The van der Waals surface area contributed by atoms with E-state index in [-0.39, 0.29) is 18.8 Å². The lowest BCUT2D eigenvalue weighted by Gasteiger charge is -2.13. The fourth-order valence-electron chi connectivity index (χ4n) is 2.60. The first-order valence-electron chi connectivity index (χ1n) is 8.10. The highest BCUT2D eigenvalue weighted by Crippen LogP contribution is 2.26. The number of aromatic nitrogens is 2. The summed E-state index contributed by atoms with van der Waals surface area (Å²) < 4.78 is 47.5. The van der Waals surface area contributed by atoms with Gasteiger partial charge in [-0.15, -0.1) is 0 Å². The highest BCUT2D eigenvalue weighted by atomic mass is 19.3. The molecule has 1 aliphatic heterocycles. The van der Waals surface area contributed by atoms with E-state index in [0.717, 1.165) is 12.1 Å². The number of ether oxygens (including phenoxy) is 2. The fourth-order valence-corrected chi connectivity index (χ4v) is 2.60. The second-order valence-corrected chi connectivity index (χ2v) is 5.79. The van der Waals surface area contributed by atoms with Crippen molar-refractivity contribution in [3.05, 3.63) is 42.1 Å². The summed E-state index contributed by atoms with van der Waals surface area (Å²) in [7, 11) is 1.43. The Hall–Kier alpha value is -3.37. The Morgan fingerprint density at radius 2 is 2.21 bits per heavy atom. The van der Waals surface area contributed by atoms with Crippen LogP contribution < -0.4 is 10.1 Å². The molecule has 1 aliphatic rings. The Balaban J connectivity index is 1.78. The van der Waals surface area contributed by atoms with Crippen molar-refractivity contribution in [2.24, 2.45) is 0 Å². The molecule has 28 heavy (non-hydrogen) atoms. The maximum absolute atomic E-state index is 13.6. The maximum Gasteiger partial charge on any atom is 0.411 e. The highest BCUT2D eigenvalue weighted by Gasteiger charge is 2.35. The van der Waals surface area contributed by atoms with Crippen molar-refractivity contribution in [2.45, 2.75) is 19.3 Å². The number of hydrogen-bond acceptors (Lipinski definition) is 6. The normalized spacial score (nSPS) is 16.2. The van der Waals surface area contributed by atoms with Gasteiger partial charge in [0, 0.05) is 12.6 Å². The van der Waals surface area contributed by atoms with Crippen molar-refractivity contribution in [1.82, 2.24) is 20.2 Å². The molecular formula is C17H15F3N4O4. The summed E-state index contributed by atoms with van der Waals surface area (Å²) in [5.74, 6) is -1.97. The molecule has 1 unspecified atom stereocenters. The molecule has 11 heteroatoms. The Bertz CT molecular complexity index is 896. The minimum Gasteiger partial charge on any atom is -0.434 e. The molecule has 1 saturated heterocycles. The van der Waals surface area contributed by atoms with Crippen LogP contribution in [-0.2, 0) is 16.1 Å². The fraction of sp³-hybridized carbons (Fsp3) is 0.294. The van der Waals surface area contributed by atoms with Crippen LogP contribution in [0.3, 0.4) is 0 Å². The van der Waals surface area contributed by atoms with Gasteiger partial charge in [0.15, 0.2) is 17.7 Å². The van der Waals surface area contributed by atoms with E-state index in [1.807, 2.05) is 0 Å². The topological polar surface area (TPSA) is 93.7 Å². The van der Waals surface area contributed by atoms with E-state index in [1.165, 1.54) is 30.4 Å². The first-order chi connectivity index (χ1) is 13.4. The average Bonchev–Trinajstić information content (AvgIpc) is 3.03. The molecule has 0 saturated carbocycles. The Labute approximate surface area is 157 Å². The summed E-state index contributed by atoms with van der Waals surface area (Å²) in [5, 5.41) is 2.40. The second kappa shape index (κ2) is 8.11. The van der Waals surface area contributed by atoms with Gasteiger partial charge in [0.25, 0.3) is 5.91 Å². The summed E-state index contributed by atoms with van der Waals surface area (Å²) in [6.07, 6.45) is 1.18. The molecule has 1 aromatic carbocycles. The third-order valence-electron chi connectivity index (χ3n) is 3.91. The molecule has 0 spiro atoms. The molecular weight excluding hydrogens is 381 g/mol. The Morgan fingerprint density at radius 1 is 1.43 bits per heavy atom. The van der Waals surface area contributed by atoms with E-state index in [2.05, 4.69) is 20.0 Å². The predicted molar refractivity (Wildman–Crippen MR) is 88.8 cm³/mol. The van der Waals surface area contributed by atoms with Crippen molar-refractivity contribution in [1.29, 1.82) is 0 Å². The van der Waals surface area contributed by atoms with Crippen LogP contribution in [0.15, 0.2) is 30.6 Å². The second-order valence-electron chi connectivity index (χ2n) is 5.79. The van der Waals surface area contributed by atoms with Crippen molar-refractivity contribution in [3.8, 4) is 17.0 Å². The molecule has 1 N–H and O–H groups in total. The number of benzene rings is 1. The number of amides is 2. The van der Waals surface area contributed by atoms with Crippen molar-refractivity contribution in [3.63, 3.8) is 0 Å². The number of hydrogen-bond donors (Lipinski definition) is 1. The summed E-state index contributed by atoms with van der Waals surface area (Å²) >= 11 is 0. The summed E-state index contributed by atoms with van der Waals surface area (Å²) in [4.78, 5) is 33.1. The lowest BCUT2D eigenvalue weighted by molar-refractivity contribution is -0.127. The van der Waals surface area contributed by atoms with E-state index in [0.29, 0.717) is 11.3 Å². The molecule has 8 nitrogen and oxygen atoms in total. The van der Waals surface area contributed by atoms with Gasteiger partial charge in [-0.25, -0.2) is 14.2 Å². The summed E-state index contributed by atoms with van der Waals surface area (Å²) in [5.41, 5.74) is 0.943. The maximum atomic E-state index is 13.6. The molecule has 3 rings (SSSR count). The molecule has 0 radical (unpaired) electrons. The van der Waals surface area contributed by atoms with Gasteiger partial charge in [0.05, 0.1) is 36.9 Å². The smallest absolute Gasteiger partial charge is 0.411 e. The number of nitrogens with one attached hydrogen (secondary N) is 1. The standard InChI is InChI=1S/C17H15F3N4O4/c1-21-15(25)14-8-24(17(26)28-14)7-10-5-22-6-12(23-10)9-2-3-11(18)13(4-9)27-16(19)20/h2-6,14,16H,7-8H2,1H3,(H,21,25). The molecule has 0 bridgehead atoms. The predicted octanol–water partition coefficient (Wildman–Crippen LogP) is 1.95.